The maximum Gasteiger partial charge on any atom is 0.411 e. The molecule has 4 aliphatic rings. The molecule has 246 valence electrons. The zero-order valence-electron chi connectivity index (χ0n) is 25.9. The van der Waals surface area contributed by atoms with Crippen molar-refractivity contribution >= 4 is 39.5 Å². The van der Waals surface area contributed by atoms with Gasteiger partial charge in [-0.1, -0.05) is 18.2 Å². The fourth-order valence-electron chi connectivity index (χ4n) is 6.49. The number of carbonyl (C=O) groups excluding carboxylic acids is 4. The van der Waals surface area contributed by atoms with Gasteiger partial charge < -0.3 is 19.4 Å². The summed E-state index contributed by atoms with van der Waals surface area (Å²) in [4.78, 5) is 59.9. The molecule has 3 saturated carbocycles. The second-order valence-corrected chi connectivity index (χ2v) is 14.8. The van der Waals surface area contributed by atoms with Gasteiger partial charge in [0, 0.05) is 19.5 Å². The van der Waals surface area contributed by atoms with Crippen LogP contribution in [0, 0.1) is 24.7 Å². The van der Waals surface area contributed by atoms with Crippen LogP contribution in [-0.4, -0.2) is 72.6 Å². The number of benzene rings is 1. The lowest BCUT2D eigenvalue weighted by atomic mass is 9.93. The minimum atomic E-state index is -3.84. The highest BCUT2D eigenvalue weighted by Gasteiger charge is 2.62. The van der Waals surface area contributed by atoms with Crippen LogP contribution in [0.15, 0.2) is 47.2 Å². The molecule has 46 heavy (non-hydrogen) atoms. The lowest BCUT2D eigenvalue weighted by molar-refractivity contribution is -0.140. The molecule has 1 aliphatic heterocycles. The average Bonchev–Trinajstić information content (AvgIpc) is 3.87. The molecular formula is C32H39N5O8S. The summed E-state index contributed by atoms with van der Waals surface area (Å²) in [5, 5.41) is 4.99. The number of aryl methyl sites for hydroxylation is 1. The Morgan fingerprint density at radius 2 is 1.93 bits per heavy atom. The molecule has 0 bridgehead atoms. The third kappa shape index (κ3) is 6.67. The number of carbonyl (C=O) groups is 4. The molecule has 2 aromatic rings. The zero-order chi connectivity index (χ0) is 32.6. The monoisotopic (exact) mass is 653 g/mol. The fraction of sp³-hybridized carbons (Fsp3) is 0.531. The number of oxazole rings is 1. The number of ether oxygens (including phenoxy) is 1. The van der Waals surface area contributed by atoms with E-state index in [0.717, 1.165) is 24.8 Å². The number of rotatable bonds is 6. The quantitative estimate of drug-likeness (QED) is 0.395. The molecule has 14 heteroatoms. The zero-order valence-corrected chi connectivity index (χ0v) is 26.7. The molecule has 5 atom stereocenters. The molecule has 3 fully saturated rings. The molecule has 4 amide bonds. The maximum atomic E-state index is 13.9. The Hall–Kier alpha value is -4.20. The molecule has 13 nitrogen and oxygen atoms in total. The van der Waals surface area contributed by atoms with Gasteiger partial charge in [-0.25, -0.2) is 18.2 Å². The smallest absolute Gasteiger partial charge is 0.411 e. The number of nitrogens with zero attached hydrogens (tertiary/aromatic N) is 2. The van der Waals surface area contributed by atoms with Crippen molar-refractivity contribution in [1.29, 1.82) is 0 Å². The largest absolute Gasteiger partial charge is 0.446 e. The number of aromatic nitrogens is 1. The predicted octanol–water partition coefficient (Wildman–Crippen LogP) is 3.28. The number of amides is 4. The number of nitrogens with one attached hydrogen (secondary N) is 3. The van der Waals surface area contributed by atoms with Gasteiger partial charge in [-0.15, -0.1) is 0 Å². The van der Waals surface area contributed by atoms with Gasteiger partial charge in [0.1, 0.15) is 17.9 Å². The molecule has 1 aromatic carbocycles. The van der Waals surface area contributed by atoms with E-state index in [1.807, 2.05) is 25.1 Å². The van der Waals surface area contributed by atoms with E-state index in [1.165, 1.54) is 12.5 Å². The molecule has 0 spiro atoms. The van der Waals surface area contributed by atoms with Crippen LogP contribution in [0.5, 0.6) is 0 Å². The van der Waals surface area contributed by atoms with Crippen molar-refractivity contribution in [3.63, 3.8) is 0 Å². The second kappa shape index (κ2) is 12.5. The average molecular weight is 654 g/mol. The van der Waals surface area contributed by atoms with E-state index >= 15 is 0 Å². The van der Waals surface area contributed by atoms with Crippen molar-refractivity contribution in [3.8, 4) is 11.5 Å². The molecule has 3 N–H and O–H groups in total. The van der Waals surface area contributed by atoms with Gasteiger partial charge in [-0.05, 0) is 76.0 Å². The number of fused-ring (bicyclic) bond motifs is 2. The van der Waals surface area contributed by atoms with Gasteiger partial charge in [0.05, 0.1) is 34.5 Å². The first-order valence-electron chi connectivity index (χ1n) is 15.7. The van der Waals surface area contributed by atoms with Crippen LogP contribution in [0.2, 0.25) is 0 Å². The lowest BCUT2D eigenvalue weighted by Crippen LogP contribution is -2.54. The van der Waals surface area contributed by atoms with Gasteiger partial charge >= 0.3 is 6.09 Å². The summed E-state index contributed by atoms with van der Waals surface area (Å²) in [6, 6.07) is 5.39. The SMILES string of the molecule is Cc1ccc(-c2ncco2)c(NC(=O)O[C@@H]2C[C@H]3C(=O)N[C@]4(C(=O)NS(=O)(=O)C5CC5)C[C@@H]4/C=C\CCCCN(C)C(=O)[C@@H]3C2)c1. The molecule has 0 unspecified atom stereocenters. The summed E-state index contributed by atoms with van der Waals surface area (Å²) in [5.74, 6) is -3.30. The van der Waals surface area contributed by atoms with E-state index < -0.39 is 56.7 Å². The molecule has 0 radical (unpaired) electrons. The van der Waals surface area contributed by atoms with E-state index in [0.29, 0.717) is 36.5 Å². The Kier molecular flexibility index (Phi) is 8.66. The first kappa shape index (κ1) is 31.8. The number of hydrogen-bond donors (Lipinski definition) is 3. The summed E-state index contributed by atoms with van der Waals surface area (Å²) in [5.41, 5.74) is 0.442. The van der Waals surface area contributed by atoms with Crippen molar-refractivity contribution in [3.05, 3.63) is 48.4 Å². The van der Waals surface area contributed by atoms with Crippen LogP contribution in [0.1, 0.15) is 56.9 Å². The third-order valence-corrected chi connectivity index (χ3v) is 11.2. The van der Waals surface area contributed by atoms with Gasteiger partial charge in [0.25, 0.3) is 5.91 Å². The van der Waals surface area contributed by atoms with E-state index in [9.17, 15) is 27.6 Å². The highest BCUT2D eigenvalue weighted by molar-refractivity contribution is 7.91. The molecular weight excluding hydrogens is 614 g/mol. The lowest BCUT2D eigenvalue weighted by Gasteiger charge is -2.26. The number of hydrogen-bond acceptors (Lipinski definition) is 9. The highest BCUT2D eigenvalue weighted by atomic mass is 32.2. The number of anilines is 1. The van der Waals surface area contributed by atoms with Crippen LogP contribution in [0.25, 0.3) is 11.5 Å². The van der Waals surface area contributed by atoms with E-state index in [-0.39, 0.29) is 31.1 Å². The molecule has 3 aliphatic carbocycles. The van der Waals surface area contributed by atoms with Crippen molar-refractivity contribution in [2.24, 2.45) is 17.8 Å². The van der Waals surface area contributed by atoms with Crippen molar-refractivity contribution in [2.45, 2.75) is 75.2 Å². The highest BCUT2D eigenvalue weighted by Crippen LogP contribution is 2.47. The summed E-state index contributed by atoms with van der Waals surface area (Å²) in [6.45, 7) is 2.38. The van der Waals surface area contributed by atoms with Crippen molar-refractivity contribution < 1.29 is 36.7 Å². The van der Waals surface area contributed by atoms with E-state index in [2.05, 4.69) is 20.3 Å². The molecule has 1 aromatic heterocycles. The van der Waals surface area contributed by atoms with Crippen LogP contribution in [0.3, 0.4) is 0 Å². The fourth-order valence-corrected chi connectivity index (χ4v) is 7.85. The normalized spacial score (nSPS) is 29.0. The van der Waals surface area contributed by atoms with Crippen LogP contribution < -0.4 is 15.4 Å². The summed E-state index contributed by atoms with van der Waals surface area (Å²) in [7, 11) is -2.15. The van der Waals surface area contributed by atoms with E-state index in [1.54, 1.807) is 24.1 Å². The predicted molar refractivity (Wildman–Crippen MR) is 166 cm³/mol. The molecule has 0 saturated heterocycles. The minimum absolute atomic E-state index is 0.0580. The summed E-state index contributed by atoms with van der Waals surface area (Å²) in [6.07, 6.45) is 8.90. The van der Waals surface area contributed by atoms with Crippen molar-refractivity contribution in [2.75, 3.05) is 18.9 Å². The Morgan fingerprint density at radius 3 is 2.67 bits per heavy atom. The molecule has 6 rings (SSSR count). The molecule has 2 heterocycles. The Labute approximate surface area is 267 Å². The van der Waals surface area contributed by atoms with Crippen LogP contribution in [-0.2, 0) is 29.1 Å². The Bertz CT molecular complexity index is 1650. The van der Waals surface area contributed by atoms with Crippen molar-refractivity contribution in [1.82, 2.24) is 19.9 Å². The van der Waals surface area contributed by atoms with Gasteiger partial charge in [-0.2, -0.15) is 0 Å². The topological polar surface area (TPSA) is 177 Å². The maximum absolute atomic E-state index is 13.9. The van der Waals surface area contributed by atoms with Gasteiger partial charge in [-0.3, -0.25) is 24.4 Å². The first-order chi connectivity index (χ1) is 22.0. The summed E-state index contributed by atoms with van der Waals surface area (Å²) < 4.78 is 38.6. The second-order valence-electron chi connectivity index (χ2n) is 12.9. The first-order valence-corrected chi connectivity index (χ1v) is 17.3. The number of allylic oxidation sites excluding steroid dienone is 1. The van der Waals surface area contributed by atoms with Crippen LogP contribution >= 0.6 is 0 Å². The summed E-state index contributed by atoms with van der Waals surface area (Å²) >= 11 is 0. The minimum Gasteiger partial charge on any atom is -0.446 e. The van der Waals surface area contributed by atoms with Crippen LogP contribution in [0.4, 0.5) is 10.5 Å². The third-order valence-electron chi connectivity index (χ3n) is 9.34. The Balaban J connectivity index is 1.20. The number of sulfonamides is 1. The van der Waals surface area contributed by atoms with E-state index in [4.69, 9.17) is 9.15 Å². The standard InChI is InChI=1S/C32H39N5O8S/c1-19-8-11-23(28-33-12-14-44-28)26(15-19)34-31(41)45-21-16-24-25(17-21)29(39)37(2)13-6-4-3-5-7-20-18-32(20,35-27(24)38)30(40)36-46(42,43)22-9-10-22/h5,7-8,11-12,14-15,20-22,24-25H,3-4,6,9-10,13,16-18H2,1-2H3,(H,34,41)(H,35,38)(H,36,40)/b7-5-/t20-,21+,24+,25+,32+/m0/s1. The Morgan fingerprint density at radius 1 is 1.15 bits per heavy atom. The van der Waals surface area contributed by atoms with Gasteiger partial charge in [0.15, 0.2) is 0 Å². The van der Waals surface area contributed by atoms with Gasteiger partial charge in [0.2, 0.25) is 27.7 Å².